The molecule has 1 N–H and O–H groups in total. The van der Waals surface area contributed by atoms with Gasteiger partial charge in [0.1, 0.15) is 6.26 Å². The number of hydrogen-bond donors (Lipinski definition) is 1. The Morgan fingerprint density at radius 2 is 2.45 bits per heavy atom. The van der Waals surface area contributed by atoms with Gasteiger partial charge in [-0.3, -0.25) is 5.01 Å². The van der Waals surface area contributed by atoms with E-state index in [1.165, 1.54) is 17.5 Å². The van der Waals surface area contributed by atoms with Crippen LogP contribution < -0.4 is 5.59 Å². The van der Waals surface area contributed by atoms with E-state index in [9.17, 15) is 8.42 Å². The van der Waals surface area contributed by atoms with Gasteiger partial charge in [0, 0.05) is 0 Å². The highest BCUT2D eigenvalue weighted by molar-refractivity contribution is 7.85. The predicted octanol–water partition coefficient (Wildman–Crippen LogP) is -0.857. The van der Waals surface area contributed by atoms with E-state index in [0.29, 0.717) is 0 Å². The van der Waals surface area contributed by atoms with Crippen LogP contribution in [-0.2, 0) is 19.1 Å². The Labute approximate surface area is 64.4 Å². The van der Waals surface area contributed by atoms with E-state index in [2.05, 4.69) is 14.6 Å². The molecule has 1 heterocycles. The number of nitrogens with zero attached hydrogens (tertiary/aromatic N) is 1. The molecule has 0 unspecified atom stereocenters. The second kappa shape index (κ2) is 3.07. The van der Waals surface area contributed by atoms with Crippen molar-refractivity contribution >= 4 is 10.1 Å². The van der Waals surface area contributed by atoms with Gasteiger partial charge in [0.05, 0.1) is 12.5 Å². The van der Waals surface area contributed by atoms with Crippen LogP contribution in [0.3, 0.4) is 0 Å². The summed E-state index contributed by atoms with van der Waals surface area (Å²) in [5.41, 5.74) is 2.36. The van der Waals surface area contributed by atoms with E-state index in [1.807, 2.05) is 0 Å². The van der Waals surface area contributed by atoms with Gasteiger partial charge in [-0.1, -0.05) is 5.59 Å². The molecule has 1 aliphatic rings. The van der Waals surface area contributed by atoms with Crippen LogP contribution >= 0.6 is 0 Å². The van der Waals surface area contributed by atoms with Crippen molar-refractivity contribution in [2.75, 3.05) is 13.0 Å². The molecule has 0 fully saturated rings. The van der Waals surface area contributed by atoms with Crippen LogP contribution in [0.5, 0.6) is 0 Å². The molecule has 0 atom stereocenters. The zero-order chi connectivity index (χ0) is 8.32. The van der Waals surface area contributed by atoms with Gasteiger partial charge in [-0.05, 0) is 0 Å². The maximum Gasteiger partial charge on any atom is 0.266 e. The fourth-order valence-electron chi connectivity index (χ4n) is 0.454. The Kier molecular flexibility index (Phi) is 2.32. The molecule has 0 saturated carbocycles. The molecule has 1 aliphatic heterocycles. The average molecular weight is 180 g/mol. The van der Waals surface area contributed by atoms with E-state index in [4.69, 9.17) is 0 Å². The molecule has 64 valence electrons. The van der Waals surface area contributed by atoms with Gasteiger partial charge in [0.2, 0.25) is 0 Å². The molecule has 0 bridgehead atoms. The lowest BCUT2D eigenvalue weighted by Crippen LogP contribution is -2.30. The first-order valence-corrected chi connectivity index (χ1v) is 4.58. The summed E-state index contributed by atoms with van der Waals surface area (Å²) in [4.78, 5) is 4.54. The summed E-state index contributed by atoms with van der Waals surface area (Å²) < 4.78 is 25.3. The van der Waals surface area contributed by atoms with Crippen molar-refractivity contribution < 1.29 is 17.4 Å². The molecule has 0 amide bonds. The highest BCUT2D eigenvalue weighted by Crippen LogP contribution is 1.96. The molecule has 0 radical (unpaired) electrons. The maximum absolute atomic E-state index is 10.4. The molecule has 0 aromatic carbocycles. The summed E-state index contributed by atoms with van der Waals surface area (Å²) in [6.07, 6.45) is 3.85. The van der Waals surface area contributed by atoms with Crippen molar-refractivity contribution in [3.8, 4) is 0 Å². The van der Waals surface area contributed by atoms with Gasteiger partial charge >= 0.3 is 0 Å². The van der Waals surface area contributed by atoms with E-state index in [-0.39, 0.29) is 6.73 Å². The lowest BCUT2D eigenvalue weighted by atomic mass is 10.9. The number of hydrazine groups is 1. The Bertz CT molecular complexity index is 247. The van der Waals surface area contributed by atoms with E-state index in [0.717, 1.165) is 6.26 Å². The van der Waals surface area contributed by atoms with Crippen LogP contribution in [0.2, 0.25) is 0 Å². The normalized spacial score (nSPS) is 17.0. The third-order valence-corrected chi connectivity index (χ3v) is 1.42. The summed E-state index contributed by atoms with van der Waals surface area (Å²) in [5, 5.41) is 1.33. The smallest absolute Gasteiger partial charge is 0.266 e. The van der Waals surface area contributed by atoms with Gasteiger partial charge in [0.15, 0.2) is 6.73 Å². The molecule has 0 aromatic rings. The van der Waals surface area contributed by atoms with Crippen LogP contribution in [0.15, 0.2) is 12.5 Å². The molecular weight excluding hydrogens is 172 g/mol. The number of hydrogen-bond acceptors (Lipinski definition) is 6. The quantitative estimate of drug-likeness (QED) is 0.570. The molecule has 1 rings (SSSR count). The second-order valence-corrected chi connectivity index (χ2v) is 3.56. The van der Waals surface area contributed by atoms with Crippen molar-refractivity contribution in [2.45, 2.75) is 0 Å². The van der Waals surface area contributed by atoms with E-state index >= 15 is 0 Å². The van der Waals surface area contributed by atoms with Crippen molar-refractivity contribution in [3.05, 3.63) is 12.5 Å². The molecule has 6 nitrogen and oxygen atoms in total. The van der Waals surface area contributed by atoms with Gasteiger partial charge in [0.25, 0.3) is 10.1 Å². The largest absolute Gasteiger partial charge is 0.395 e. The first-order chi connectivity index (χ1) is 5.08. The maximum atomic E-state index is 10.4. The Morgan fingerprint density at radius 1 is 1.73 bits per heavy atom. The molecule has 0 aromatic heterocycles. The zero-order valence-electron chi connectivity index (χ0n) is 5.85. The van der Waals surface area contributed by atoms with Crippen molar-refractivity contribution in [1.82, 2.24) is 10.6 Å². The minimum absolute atomic E-state index is 0.102. The van der Waals surface area contributed by atoms with Crippen LogP contribution in [0.4, 0.5) is 0 Å². The van der Waals surface area contributed by atoms with Crippen LogP contribution in [0.1, 0.15) is 0 Å². The molecule has 0 spiro atoms. The Hall–Kier alpha value is -0.790. The predicted molar refractivity (Wildman–Crippen MR) is 36.0 cm³/mol. The van der Waals surface area contributed by atoms with Crippen molar-refractivity contribution in [1.29, 1.82) is 0 Å². The summed E-state index contributed by atoms with van der Waals surface area (Å²) in [7, 11) is -3.38. The summed E-state index contributed by atoms with van der Waals surface area (Å²) in [5.74, 6) is 0. The van der Waals surface area contributed by atoms with Gasteiger partial charge < -0.3 is 4.84 Å². The highest BCUT2D eigenvalue weighted by atomic mass is 32.2. The molecule has 7 heteroatoms. The second-order valence-electron chi connectivity index (χ2n) is 1.92. The Morgan fingerprint density at radius 3 is 2.91 bits per heavy atom. The third kappa shape index (κ3) is 3.21. The average Bonchev–Trinajstić information content (AvgIpc) is 2.32. The first-order valence-electron chi connectivity index (χ1n) is 2.77. The minimum atomic E-state index is -3.38. The molecule has 0 saturated heterocycles. The van der Waals surface area contributed by atoms with E-state index < -0.39 is 10.1 Å². The fraction of sp³-hybridized carbons (Fsp3) is 0.500. The molecular formula is C4H8N2O4S. The van der Waals surface area contributed by atoms with Gasteiger partial charge in [-0.2, -0.15) is 8.42 Å². The highest BCUT2D eigenvalue weighted by Gasteiger charge is 2.07. The van der Waals surface area contributed by atoms with Crippen LogP contribution in [0, 0.1) is 0 Å². The number of rotatable bonds is 3. The third-order valence-electron chi connectivity index (χ3n) is 0.885. The standard InChI is InChI=1S/C4H8N2O4S/c1-11(7,8)10-4-6-2-3-9-5-6/h2-3,5H,4H2,1H3. The van der Waals surface area contributed by atoms with Crippen LogP contribution in [0.25, 0.3) is 0 Å². The summed E-state index contributed by atoms with van der Waals surface area (Å²) in [6, 6.07) is 0. The van der Waals surface area contributed by atoms with Crippen molar-refractivity contribution in [2.24, 2.45) is 0 Å². The minimum Gasteiger partial charge on any atom is -0.395 e. The van der Waals surface area contributed by atoms with Crippen LogP contribution in [-0.4, -0.2) is 26.4 Å². The summed E-state index contributed by atoms with van der Waals surface area (Å²) >= 11 is 0. The molecule has 11 heavy (non-hydrogen) atoms. The topological polar surface area (TPSA) is 67.9 Å². The van der Waals surface area contributed by atoms with Gasteiger partial charge in [-0.25, -0.2) is 4.18 Å². The SMILES string of the molecule is CS(=O)(=O)OCN1C=CON1. The zero-order valence-corrected chi connectivity index (χ0v) is 6.67. The van der Waals surface area contributed by atoms with E-state index in [1.54, 1.807) is 0 Å². The monoisotopic (exact) mass is 180 g/mol. The lowest BCUT2D eigenvalue weighted by molar-refractivity contribution is -0.00159. The molecule has 0 aliphatic carbocycles. The van der Waals surface area contributed by atoms with Gasteiger partial charge in [-0.15, -0.1) is 0 Å². The lowest BCUT2D eigenvalue weighted by Gasteiger charge is -2.11. The fourth-order valence-corrected chi connectivity index (χ4v) is 0.759. The summed E-state index contributed by atoms with van der Waals surface area (Å²) in [6.45, 7) is -0.102. The number of nitrogens with one attached hydrogen (secondary N) is 1. The Balaban J connectivity index is 2.28. The van der Waals surface area contributed by atoms with Crippen molar-refractivity contribution in [3.63, 3.8) is 0 Å². The first kappa shape index (κ1) is 8.31.